The summed E-state index contributed by atoms with van der Waals surface area (Å²) in [7, 11) is 0. The van der Waals surface area contributed by atoms with Crippen molar-refractivity contribution in [2.75, 3.05) is 26.2 Å². The Hall–Kier alpha value is -3.08. The van der Waals surface area contributed by atoms with Crippen molar-refractivity contribution in [1.29, 1.82) is 5.26 Å². The molecule has 8 heteroatoms. The minimum atomic E-state index is -0.0276. The molecule has 1 N–H and O–H groups in total. The molecule has 2 amide bonds. The van der Waals surface area contributed by atoms with Crippen molar-refractivity contribution in [2.24, 2.45) is 5.92 Å². The summed E-state index contributed by atoms with van der Waals surface area (Å²) >= 11 is 0. The number of fused-ring (bicyclic) bond motifs is 3. The zero-order chi connectivity index (χ0) is 18.4. The molecule has 2 aliphatic heterocycles. The summed E-state index contributed by atoms with van der Waals surface area (Å²) in [6.07, 6.45) is 8.32. The molecule has 0 spiro atoms. The summed E-state index contributed by atoms with van der Waals surface area (Å²) in [5, 5.41) is 9.09. The first-order chi connectivity index (χ1) is 13.2. The predicted molar refractivity (Wildman–Crippen MR) is 99.1 cm³/mol. The summed E-state index contributed by atoms with van der Waals surface area (Å²) in [5.41, 5.74) is 2.82. The summed E-state index contributed by atoms with van der Waals surface area (Å²) in [4.78, 5) is 28.9. The molecule has 2 unspecified atom stereocenters. The first kappa shape index (κ1) is 16.1. The van der Waals surface area contributed by atoms with Crippen LogP contribution in [0.5, 0.6) is 0 Å². The van der Waals surface area contributed by atoms with E-state index in [0.29, 0.717) is 19.6 Å². The third-order valence-corrected chi connectivity index (χ3v) is 5.79. The van der Waals surface area contributed by atoms with Crippen LogP contribution < -0.4 is 0 Å². The Morgan fingerprint density at radius 2 is 2.04 bits per heavy atom. The van der Waals surface area contributed by atoms with Crippen molar-refractivity contribution in [3.63, 3.8) is 0 Å². The van der Waals surface area contributed by atoms with Crippen LogP contribution in [0.2, 0.25) is 0 Å². The number of aromatic nitrogens is 4. The van der Waals surface area contributed by atoms with Gasteiger partial charge in [-0.15, -0.1) is 0 Å². The fourth-order valence-electron chi connectivity index (χ4n) is 4.39. The lowest BCUT2D eigenvalue weighted by Gasteiger charge is -2.34. The third kappa shape index (κ3) is 2.62. The number of hydrogen-bond acceptors (Lipinski definition) is 4. The van der Waals surface area contributed by atoms with Crippen molar-refractivity contribution in [2.45, 2.75) is 25.2 Å². The Morgan fingerprint density at radius 3 is 2.89 bits per heavy atom. The smallest absolute Gasteiger partial charge is 0.320 e. The second-order valence-electron chi connectivity index (χ2n) is 7.47. The van der Waals surface area contributed by atoms with E-state index >= 15 is 0 Å². The standard InChI is InChI=1S/C19H21N7O/c20-8-13-4-7-25(11-13)19(27)24-6-1-2-14(12-24)18-23-10-15-9-22-17-16(26(15)18)3-5-21-17/h3,5,9-10,13-14,21H,1-2,4,6-7,11-12H2. The fourth-order valence-corrected chi connectivity index (χ4v) is 4.39. The number of hydrogen-bond donors (Lipinski definition) is 1. The van der Waals surface area contributed by atoms with E-state index in [-0.39, 0.29) is 17.9 Å². The molecule has 0 bridgehead atoms. The Balaban J connectivity index is 1.42. The number of likely N-dealkylation sites (tertiary alicyclic amines) is 2. The summed E-state index contributed by atoms with van der Waals surface area (Å²) in [5.74, 6) is 1.16. The van der Waals surface area contributed by atoms with E-state index < -0.39 is 0 Å². The van der Waals surface area contributed by atoms with Gasteiger partial charge in [0.25, 0.3) is 0 Å². The second kappa shape index (κ2) is 6.27. The molecule has 5 rings (SSSR count). The van der Waals surface area contributed by atoms with E-state index in [0.717, 1.165) is 48.3 Å². The maximum atomic E-state index is 12.9. The summed E-state index contributed by atoms with van der Waals surface area (Å²) < 4.78 is 2.15. The van der Waals surface area contributed by atoms with Crippen molar-refractivity contribution in [3.8, 4) is 6.07 Å². The molecule has 2 fully saturated rings. The monoisotopic (exact) mass is 363 g/mol. The van der Waals surface area contributed by atoms with Crippen molar-refractivity contribution >= 4 is 22.7 Å². The van der Waals surface area contributed by atoms with Gasteiger partial charge in [-0.1, -0.05) is 0 Å². The first-order valence-corrected chi connectivity index (χ1v) is 9.47. The van der Waals surface area contributed by atoms with Gasteiger partial charge < -0.3 is 14.8 Å². The molecule has 2 atom stereocenters. The SMILES string of the molecule is N#CC1CCN(C(=O)N2CCCC(c3ncc4cnc5[nH]ccc5n34)C2)C1. The van der Waals surface area contributed by atoms with E-state index in [1.165, 1.54) is 0 Å². The highest BCUT2D eigenvalue weighted by molar-refractivity contribution is 5.76. The van der Waals surface area contributed by atoms with E-state index in [9.17, 15) is 4.79 Å². The number of urea groups is 1. The van der Waals surface area contributed by atoms with Gasteiger partial charge in [0.1, 0.15) is 5.82 Å². The average molecular weight is 363 g/mol. The fraction of sp³-hybridized carbons (Fsp3) is 0.474. The van der Waals surface area contributed by atoms with Gasteiger partial charge in [0, 0.05) is 38.3 Å². The number of nitrogens with one attached hydrogen (secondary N) is 1. The Bertz CT molecular complexity index is 1050. The molecular formula is C19H21N7O. The minimum Gasteiger partial charge on any atom is -0.345 e. The van der Waals surface area contributed by atoms with Gasteiger partial charge in [-0.2, -0.15) is 5.26 Å². The zero-order valence-corrected chi connectivity index (χ0v) is 15.0. The van der Waals surface area contributed by atoms with Crippen LogP contribution >= 0.6 is 0 Å². The van der Waals surface area contributed by atoms with Crippen LogP contribution in [0.3, 0.4) is 0 Å². The number of piperidine rings is 1. The lowest BCUT2D eigenvalue weighted by atomic mass is 9.97. The van der Waals surface area contributed by atoms with Gasteiger partial charge in [0.2, 0.25) is 0 Å². The van der Waals surface area contributed by atoms with Gasteiger partial charge in [0.15, 0.2) is 5.65 Å². The molecule has 2 aliphatic rings. The van der Waals surface area contributed by atoms with Crippen LogP contribution in [0.4, 0.5) is 4.79 Å². The van der Waals surface area contributed by atoms with E-state index in [1.54, 1.807) is 0 Å². The number of carbonyl (C=O) groups is 1. The summed E-state index contributed by atoms with van der Waals surface area (Å²) in [6, 6.07) is 4.36. The number of rotatable bonds is 1. The molecule has 5 heterocycles. The number of carbonyl (C=O) groups excluding carboxylic acids is 1. The Labute approximate surface area is 156 Å². The highest BCUT2D eigenvalue weighted by atomic mass is 16.2. The molecule has 0 aliphatic carbocycles. The van der Waals surface area contributed by atoms with Crippen molar-refractivity contribution in [3.05, 3.63) is 30.5 Å². The largest absolute Gasteiger partial charge is 0.345 e. The van der Waals surface area contributed by atoms with E-state index in [1.807, 2.05) is 34.5 Å². The minimum absolute atomic E-state index is 0.0276. The van der Waals surface area contributed by atoms with Crippen LogP contribution in [0.25, 0.3) is 16.7 Å². The molecular weight excluding hydrogens is 342 g/mol. The quantitative estimate of drug-likeness (QED) is 0.718. The number of amides is 2. The maximum absolute atomic E-state index is 12.9. The molecule has 0 saturated carbocycles. The predicted octanol–water partition coefficient (Wildman–Crippen LogP) is 2.36. The van der Waals surface area contributed by atoms with Crippen molar-refractivity contribution in [1.82, 2.24) is 29.2 Å². The van der Waals surface area contributed by atoms with Gasteiger partial charge in [-0.3, -0.25) is 4.40 Å². The first-order valence-electron chi connectivity index (χ1n) is 9.47. The number of nitriles is 1. The van der Waals surface area contributed by atoms with Crippen LogP contribution in [-0.4, -0.2) is 61.4 Å². The van der Waals surface area contributed by atoms with Gasteiger partial charge >= 0.3 is 6.03 Å². The van der Waals surface area contributed by atoms with Crippen molar-refractivity contribution < 1.29 is 4.79 Å². The topological polar surface area (TPSA) is 93.3 Å². The molecule has 27 heavy (non-hydrogen) atoms. The molecule has 3 aromatic heterocycles. The van der Waals surface area contributed by atoms with E-state index in [2.05, 4.69) is 25.4 Å². The van der Waals surface area contributed by atoms with Gasteiger partial charge in [-0.05, 0) is 25.3 Å². The van der Waals surface area contributed by atoms with Gasteiger partial charge in [0.05, 0.1) is 35.4 Å². The van der Waals surface area contributed by atoms with Crippen LogP contribution in [0.1, 0.15) is 31.0 Å². The molecule has 8 nitrogen and oxygen atoms in total. The van der Waals surface area contributed by atoms with Crippen LogP contribution in [0.15, 0.2) is 24.7 Å². The average Bonchev–Trinajstić information content (AvgIpc) is 3.45. The normalized spacial score (nSPS) is 23.2. The molecule has 2 saturated heterocycles. The lowest BCUT2D eigenvalue weighted by Crippen LogP contribution is -2.46. The zero-order valence-electron chi connectivity index (χ0n) is 15.0. The molecule has 3 aromatic rings. The van der Waals surface area contributed by atoms with Crippen LogP contribution in [0, 0.1) is 17.2 Å². The van der Waals surface area contributed by atoms with E-state index in [4.69, 9.17) is 5.26 Å². The highest BCUT2D eigenvalue weighted by Crippen LogP contribution is 2.29. The second-order valence-corrected chi connectivity index (χ2v) is 7.47. The number of H-pyrrole nitrogens is 1. The number of nitrogens with zero attached hydrogens (tertiary/aromatic N) is 6. The Kier molecular flexibility index (Phi) is 3.74. The van der Waals surface area contributed by atoms with Crippen LogP contribution in [-0.2, 0) is 0 Å². The number of imidazole rings is 1. The molecule has 0 aromatic carbocycles. The third-order valence-electron chi connectivity index (χ3n) is 5.79. The van der Waals surface area contributed by atoms with Gasteiger partial charge in [-0.25, -0.2) is 14.8 Å². The molecule has 0 radical (unpaired) electrons. The Morgan fingerprint density at radius 1 is 1.19 bits per heavy atom. The summed E-state index contributed by atoms with van der Waals surface area (Å²) in [6.45, 7) is 2.67. The number of aromatic amines is 1. The highest BCUT2D eigenvalue weighted by Gasteiger charge is 2.33. The maximum Gasteiger partial charge on any atom is 0.320 e. The lowest BCUT2D eigenvalue weighted by molar-refractivity contribution is 0.145. The molecule has 138 valence electrons.